The zero-order valence-corrected chi connectivity index (χ0v) is 13.2. The van der Waals surface area contributed by atoms with Crippen LogP contribution in [0.5, 0.6) is 0 Å². The maximum absolute atomic E-state index is 6.32. The lowest BCUT2D eigenvalue weighted by molar-refractivity contribution is 0.625. The fourth-order valence-electron chi connectivity index (χ4n) is 2.27. The van der Waals surface area contributed by atoms with Crippen molar-refractivity contribution >= 4 is 27.5 Å². The minimum atomic E-state index is 0.373. The topological polar surface area (TPSA) is 12.0 Å². The first kappa shape index (κ1) is 14.6. The van der Waals surface area contributed by atoms with Gasteiger partial charge in [-0.05, 0) is 36.7 Å². The molecule has 0 aliphatic rings. The van der Waals surface area contributed by atoms with Crippen molar-refractivity contribution in [3.63, 3.8) is 0 Å². The summed E-state index contributed by atoms with van der Waals surface area (Å²) >= 11 is 9.93. The molecule has 1 atom stereocenters. The molecule has 0 aliphatic carbocycles. The van der Waals surface area contributed by atoms with Crippen LogP contribution in [0.4, 0.5) is 0 Å². The van der Waals surface area contributed by atoms with Gasteiger partial charge in [-0.1, -0.05) is 63.9 Å². The second-order valence-electron chi connectivity index (χ2n) is 4.57. The molecular weight excluding hydrogens is 322 g/mol. The molecule has 2 aromatic carbocycles. The molecule has 0 aromatic heterocycles. The van der Waals surface area contributed by atoms with Gasteiger partial charge >= 0.3 is 0 Å². The molecule has 2 aromatic rings. The maximum Gasteiger partial charge on any atom is 0.0441 e. The summed E-state index contributed by atoms with van der Waals surface area (Å²) < 4.78 is 1.16. The number of hydrogen-bond acceptors (Lipinski definition) is 1. The number of halogens is 2. The Bertz CT molecular complexity index is 542. The molecular formula is C16H17BrClN. The van der Waals surface area contributed by atoms with E-state index < -0.39 is 0 Å². The van der Waals surface area contributed by atoms with Crippen molar-refractivity contribution in [1.82, 2.24) is 5.32 Å². The Morgan fingerprint density at radius 1 is 1.11 bits per heavy atom. The number of nitrogens with one attached hydrogen (secondary N) is 1. The van der Waals surface area contributed by atoms with Crippen LogP contribution < -0.4 is 5.32 Å². The first-order valence-corrected chi connectivity index (χ1v) is 7.52. The van der Waals surface area contributed by atoms with E-state index in [-0.39, 0.29) is 0 Å². The Morgan fingerprint density at radius 3 is 2.47 bits per heavy atom. The minimum Gasteiger partial charge on any atom is -0.319 e. The van der Waals surface area contributed by atoms with Crippen molar-refractivity contribution in [2.24, 2.45) is 0 Å². The second kappa shape index (κ2) is 7.09. The maximum atomic E-state index is 6.32. The van der Waals surface area contributed by atoms with E-state index in [2.05, 4.69) is 45.5 Å². The molecule has 1 nitrogen and oxygen atoms in total. The van der Waals surface area contributed by atoms with Gasteiger partial charge in [-0.3, -0.25) is 0 Å². The summed E-state index contributed by atoms with van der Waals surface area (Å²) in [5.41, 5.74) is 2.51. The molecule has 1 unspecified atom stereocenters. The molecule has 0 fully saturated rings. The number of benzene rings is 2. The van der Waals surface area contributed by atoms with Crippen molar-refractivity contribution in [1.29, 1.82) is 0 Å². The summed E-state index contributed by atoms with van der Waals surface area (Å²) in [6.45, 7) is 0.908. The van der Waals surface area contributed by atoms with Crippen LogP contribution in [-0.2, 0) is 6.42 Å². The third-order valence-electron chi connectivity index (χ3n) is 3.22. The Labute approximate surface area is 128 Å². The van der Waals surface area contributed by atoms with Gasteiger partial charge in [0.1, 0.15) is 0 Å². The van der Waals surface area contributed by atoms with Crippen molar-refractivity contribution < 1.29 is 0 Å². The van der Waals surface area contributed by atoms with Gasteiger partial charge in [-0.2, -0.15) is 0 Å². The van der Waals surface area contributed by atoms with E-state index in [1.165, 1.54) is 11.1 Å². The highest BCUT2D eigenvalue weighted by atomic mass is 79.9. The van der Waals surface area contributed by atoms with Crippen LogP contribution >= 0.6 is 27.5 Å². The van der Waals surface area contributed by atoms with Gasteiger partial charge in [0.15, 0.2) is 0 Å². The molecule has 2 rings (SSSR count). The predicted molar refractivity (Wildman–Crippen MR) is 86.0 cm³/mol. The Kier molecular flexibility index (Phi) is 5.44. The first-order chi connectivity index (χ1) is 9.22. The molecule has 0 spiro atoms. The highest BCUT2D eigenvalue weighted by Gasteiger charge is 2.15. The van der Waals surface area contributed by atoms with Crippen molar-refractivity contribution in [2.75, 3.05) is 13.6 Å². The predicted octanol–water partition coefficient (Wildman–Crippen LogP) is 4.65. The molecule has 0 amide bonds. The van der Waals surface area contributed by atoms with E-state index in [0.717, 1.165) is 22.5 Å². The van der Waals surface area contributed by atoms with Crippen molar-refractivity contribution in [3.8, 4) is 0 Å². The van der Waals surface area contributed by atoms with Crippen LogP contribution in [0.1, 0.15) is 17.0 Å². The lowest BCUT2D eigenvalue weighted by Crippen LogP contribution is -2.19. The molecule has 3 heteroatoms. The van der Waals surface area contributed by atoms with E-state index in [1.807, 2.05) is 31.3 Å². The van der Waals surface area contributed by atoms with Crippen LogP contribution in [0.25, 0.3) is 0 Å². The molecule has 0 heterocycles. The third kappa shape index (κ3) is 3.82. The molecule has 100 valence electrons. The van der Waals surface area contributed by atoms with Crippen molar-refractivity contribution in [2.45, 2.75) is 12.3 Å². The van der Waals surface area contributed by atoms with Gasteiger partial charge in [0.2, 0.25) is 0 Å². The number of likely N-dealkylation sites (N-methyl/N-ethyl adjacent to an activating group) is 1. The largest absolute Gasteiger partial charge is 0.319 e. The Morgan fingerprint density at radius 2 is 1.79 bits per heavy atom. The monoisotopic (exact) mass is 337 g/mol. The van der Waals surface area contributed by atoms with Gasteiger partial charge in [-0.15, -0.1) is 0 Å². The smallest absolute Gasteiger partial charge is 0.0441 e. The highest BCUT2D eigenvalue weighted by molar-refractivity contribution is 9.10. The Balaban J connectivity index is 2.27. The van der Waals surface area contributed by atoms with Crippen LogP contribution in [0.3, 0.4) is 0 Å². The highest BCUT2D eigenvalue weighted by Crippen LogP contribution is 2.29. The summed E-state index contributed by atoms with van der Waals surface area (Å²) in [5, 5.41) is 4.10. The van der Waals surface area contributed by atoms with Crippen LogP contribution in [0.15, 0.2) is 53.0 Å². The zero-order valence-electron chi connectivity index (χ0n) is 10.9. The van der Waals surface area contributed by atoms with Gasteiger partial charge in [0.05, 0.1) is 0 Å². The van der Waals surface area contributed by atoms with E-state index in [1.54, 1.807) is 0 Å². The second-order valence-corrected chi connectivity index (χ2v) is 5.83. The quantitative estimate of drug-likeness (QED) is 0.837. The van der Waals surface area contributed by atoms with E-state index in [9.17, 15) is 0 Å². The molecule has 0 saturated heterocycles. The SMILES string of the molecule is CNCC(Cc1ccccc1Br)c1ccccc1Cl. The van der Waals surface area contributed by atoms with Gasteiger partial charge in [-0.25, -0.2) is 0 Å². The van der Waals surface area contributed by atoms with Gasteiger partial charge < -0.3 is 5.32 Å². The lowest BCUT2D eigenvalue weighted by atomic mass is 9.92. The molecule has 0 radical (unpaired) electrons. The summed E-state index contributed by atoms with van der Waals surface area (Å²) in [6.07, 6.45) is 0.964. The zero-order chi connectivity index (χ0) is 13.7. The molecule has 1 N–H and O–H groups in total. The average Bonchev–Trinajstić information content (AvgIpc) is 2.41. The fraction of sp³-hybridized carbons (Fsp3) is 0.250. The third-order valence-corrected chi connectivity index (χ3v) is 4.34. The van der Waals surface area contributed by atoms with Crippen LogP contribution in [0, 0.1) is 0 Å². The lowest BCUT2D eigenvalue weighted by Gasteiger charge is -2.19. The molecule has 0 bridgehead atoms. The summed E-state index contributed by atoms with van der Waals surface area (Å²) in [6, 6.07) is 16.4. The average molecular weight is 339 g/mol. The summed E-state index contributed by atoms with van der Waals surface area (Å²) in [5.74, 6) is 0.373. The minimum absolute atomic E-state index is 0.373. The summed E-state index contributed by atoms with van der Waals surface area (Å²) in [7, 11) is 1.98. The normalized spacial score (nSPS) is 12.4. The first-order valence-electron chi connectivity index (χ1n) is 6.34. The Hall–Kier alpha value is -0.830. The standard InChI is InChI=1S/C16H17BrClN/c1-19-11-13(14-7-3-5-9-16(14)18)10-12-6-2-4-8-15(12)17/h2-9,13,19H,10-11H2,1H3. The van der Waals surface area contributed by atoms with E-state index in [4.69, 9.17) is 11.6 Å². The summed E-state index contributed by atoms with van der Waals surface area (Å²) in [4.78, 5) is 0. The number of hydrogen-bond donors (Lipinski definition) is 1. The van der Waals surface area contributed by atoms with Crippen molar-refractivity contribution in [3.05, 3.63) is 69.2 Å². The van der Waals surface area contributed by atoms with E-state index >= 15 is 0 Å². The fourth-order valence-corrected chi connectivity index (χ4v) is 3.01. The molecule has 0 aliphatic heterocycles. The van der Waals surface area contributed by atoms with Crippen LogP contribution in [-0.4, -0.2) is 13.6 Å². The number of rotatable bonds is 5. The van der Waals surface area contributed by atoms with Crippen LogP contribution in [0.2, 0.25) is 5.02 Å². The molecule has 0 saturated carbocycles. The van der Waals surface area contributed by atoms with E-state index in [0.29, 0.717) is 5.92 Å². The molecule has 19 heavy (non-hydrogen) atoms. The van der Waals surface area contributed by atoms with Gasteiger partial charge in [0.25, 0.3) is 0 Å². The van der Waals surface area contributed by atoms with Gasteiger partial charge in [0, 0.05) is 22.0 Å².